The predicted octanol–water partition coefficient (Wildman–Crippen LogP) is 4.41. The number of hydrogen-bond donors (Lipinski definition) is 2. The number of nitrogens with zero attached hydrogens (tertiary/aromatic N) is 2. The number of ether oxygens (including phenoxy) is 2. The van der Waals surface area contributed by atoms with Crippen LogP contribution < -0.4 is 20.1 Å². The van der Waals surface area contributed by atoms with E-state index in [1.165, 1.54) is 0 Å². The molecule has 1 heterocycles. The van der Waals surface area contributed by atoms with Crippen LogP contribution in [0.3, 0.4) is 0 Å². The van der Waals surface area contributed by atoms with E-state index in [1.54, 1.807) is 39.3 Å². The lowest BCUT2D eigenvalue weighted by Crippen LogP contribution is -2.16. The van der Waals surface area contributed by atoms with Gasteiger partial charge in [-0.05, 0) is 44.0 Å². The summed E-state index contributed by atoms with van der Waals surface area (Å²) in [6.07, 6.45) is 0. The second kappa shape index (κ2) is 8.60. The molecule has 0 saturated carbocycles. The second-order valence-corrected chi connectivity index (χ2v) is 6.60. The van der Waals surface area contributed by atoms with Crippen molar-refractivity contribution in [3.05, 3.63) is 65.1 Å². The molecule has 29 heavy (non-hydrogen) atoms. The Morgan fingerprint density at radius 3 is 2.24 bits per heavy atom. The van der Waals surface area contributed by atoms with Crippen molar-refractivity contribution in [2.45, 2.75) is 20.8 Å². The molecular formula is C22H24N4O3. The van der Waals surface area contributed by atoms with Gasteiger partial charge in [0.05, 0.1) is 14.2 Å². The normalized spacial score (nSPS) is 10.4. The molecule has 0 bridgehead atoms. The minimum Gasteiger partial charge on any atom is -0.493 e. The van der Waals surface area contributed by atoms with Gasteiger partial charge in [0.1, 0.15) is 17.3 Å². The number of nitrogens with one attached hydrogen (secondary N) is 2. The van der Waals surface area contributed by atoms with Gasteiger partial charge in [0.25, 0.3) is 5.91 Å². The average Bonchev–Trinajstić information content (AvgIpc) is 2.70. The molecule has 0 unspecified atom stereocenters. The van der Waals surface area contributed by atoms with E-state index in [0.29, 0.717) is 23.1 Å². The fraction of sp³-hybridized carbons (Fsp3) is 0.227. The highest BCUT2D eigenvalue weighted by Gasteiger charge is 2.14. The minimum absolute atomic E-state index is 0.281. The van der Waals surface area contributed by atoms with Gasteiger partial charge in [0.15, 0.2) is 11.5 Å². The van der Waals surface area contributed by atoms with Gasteiger partial charge in [-0.2, -0.15) is 0 Å². The predicted molar refractivity (Wildman–Crippen MR) is 113 cm³/mol. The Hall–Kier alpha value is -3.61. The summed E-state index contributed by atoms with van der Waals surface area (Å²) >= 11 is 0. The number of anilines is 3. The van der Waals surface area contributed by atoms with Gasteiger partial charge >= 0.3 is 0 Å². The standard InChI is InChI=1S/C22H24N4O3/c1-13-7-6-8-14(2)21(13)26-22(27)17-12-20(24-15(3)23-17)25-16-9-10-18(28-4)19(11-16)29-5/h6-12H,1-5H3,(H,26,27)(H,23,24,25). The molecule has 2 aromatic carbocycles. The zero-order valence-electron chi connectivity index (χ0n) is 17.2. The first-order chi connectivity index (χ1) is 13.9. The molecule has 1 amide bonds. The molecule has 3 aromatic rings. The third-order valence-corrected chi connectivity index (χ3v) is 4.45. The van der Waals surface area contributed by atoms with Crippen molar-refractivity contribution in [1.82, 2.24) is 9.97 Å². The topological polar surface area (TPSA) is 85.4 Å². The Balaban J connectivity index is 1.85. The first-order valence-corrected chi connectivity index (χ1v) is 9.13. The van der Waals surface area contributed by atoms with Crippen molar-refractivity contribution in [3.63, 3.8) is 0 Å². The maximum absolute atomic E-state index is 12.8. The Kier molecular flexibility index (Phi) is 5.97. The van der Waals surface area contributed by atoms with Crippen LogP contribution in [0.25, 0.3) is 0 Å². The fourth-order valence-corrected chi connectivity index (χ4v) is 3.00. The lowest BCUT2D eigenvalue weighted by molar-refractivity contribution is 0.102. The number of carbonyl (C=O) groups is 1. The van der Waals surface area contributed by atoms with Crippen molar-refractivity contribution in [3.8, 4) is 11.5 Å². The number of amides is 1. The number of aryl methyl sites for hydroxylation is 3. The number of aromatic nitrogens is 2. The summed E-state index contributed by atoms with van der Waals surface area (Å²) in [5.41, 5.74) is 3.81. The van der Waals surface area contributed by atoms with E-state index in [0.717, 1.165) is 22.5 Å². The lowest BCUT2D eigenvalue weighted by Gasteiger charge is -2.13. The number of methoxy groups -OCH3 is 2. The quantitative estimate of drug-likeness (QED) is 0.646. The molecule has 7 heteroatoms. The number of hydrogen-bond acceptors (Lipinski definition) is 6. The van der Waals surface area contributed by atoms with Crippen LogP contribution in [-0.4, -0.2) is 30.1 Å². The van der Waals surface area contributed by atoms with Crippen molar-refractivity contribution in [2.24, 2.45) is 0 Å². The van der Waals surface area contributed by atoms with Gasteiger partial charge < -0.3 is 20.1 Å². The van der Waals surface area contributed by atoms with Gasteiger partial charge in [-0.15, -0.1) is 0 Å². The second-order valence-electron chi connectivity index (χ2n) is 6.60. The monoisotopic (exact) mass is 392 g/mol. The highest BCUT2D eigenvalue weighted by Crippen LogP contribution is 2.31. The van der Waals surface area contributed by atoms with Crippen molar-refractivity contribution in [1.29, 1.82) is 0 Å². The maximum atomic E-state index is 12.8. The minimum atomic E-state index is -0.289. The third kappa shape index (κ3) is 4.63. The van der Waals surface area contributed by atoms with Crippen molar-refractivity contribution < 1.29 is 14.3 Å². The van der Waals surface area contributed by atoms with Crippen molar-refractivity contribution >= 4 is 23.1 Å². The summed E-state index contributed by atoms with van der Waals surface area (Å²) in [5.74, 6) is 1.93. The lowest BCUT2D eigenvalue weighted by atomic mass is 10.1. The molecular weight excluding hydrogens is 368 g/mol. The molecule has 0 aliphatic carbocycles. The van der Waals surface area contributed by atoms with Gasteiger partial charge in [-0.3, -0.25) is 4.79 Å². The van der Waals surface area contributed by atoms with Crippen LogP contribution in [0.2, 0.25) is 0 Å². The van der Waals surface area contributed by atoms with E-state index in [2.05, 4.69) is 20.6 Å². The fourth-order valence-electron chi connectivity index (χ4n) is 3.00. The highest BCUT2D eigenvalue weighted by molar-refractivity contribution is 6.04. The van der Waals surface area contributed by atoms with Crippen LogP contribution in [-0.2, 0) is 0 Å². The number of rotatable bonds is 6. The summed E-state index contributed by atoms with van der Waals surface area (Å²) in [6, 6.07) is 12.9. The maximum Gasteiger partial charge on any atom is 0.274 e. The molecule has 0 atom stereocenters. The number of para-hydroxylation sites is 1. The van der Waals surface area contributed by atoms with Crippen molar-refractivity contribution in [2.75, 3.05) is 24.9 Å². The number of benzene rings is 2. The molecule has 0 aliphatic rings. The summed E-state index contributed by atoms with van der Waals surface area (Å²) in [7, 11) is 3.16. The molecule has 3 rings (SSSR count). The summed E-state index contributed by atoms with van der Waals surface area (Å²) in [5, 5.41) is 6.14. The van der Waals surface area contributed by atoms with E-state index in [9.17, 15) is 4.79 Å². The highest BCUT2D eigenvalue weighted by atomic mass is 16.5. The first kappa shape index (κ1) is 20.1. The molecule has 2 N–H and O–H groups in total. The molecule has 1 aromatic heterocycles. The summed E-state index contributed by atoms with van der Waals surface area (Å²) < 4.78 is 10.6. The Bertz CT molecular complexity index is 1030. The van der Waals surface area contributed by atoms with Crippen LogP contribution in [0.15, 0.2) is 42.5 Å². The smallest absolute Gasteiger partial charge is 0.274 e. The zero-order valence-corrected chi connectivity index (χ0v) is 17.2. The Morgan fingerprint density at radius 1 is 0.897 bits per heavy atom. The van der Waals surface area contributed by atoms with Gasteiger partial charge in [0, 0.05) is 23.5 Å². The first-order valence-electron chi connectivity index (χ1n) is 9.13. The van der Waals surface area contributed by atoms with E-state index < -0.39 is 0 Å². The molecule has 7 nitrogen and oxygen atoms in total. The van der Waals surface area contributed by atoms with Crippen LogP contribution in [0.5, 0.6) is 11.5 Å². The van der Waals surface area contributed by atoms with Gasteiger partial charge in [-0.25, -0.2) is 9.97 Å². The largest absolute Gasteiger partial charge is 0.493 e. The number of carbonyl (C=O) groups excluding carboxylic acids is 1. The molecule has 0 spiro atoms. The van der Waals surface area contributed by atoms with Crippen LogP contribution in [0.1, 0.15) is 27.4 Å². The molecule has 150 valence electrons. The average molecular weight is 392 g/mol. The molecule has 0 saturated heterocycles. The molecule has 0 fully saturated rings. The van der Waals surface area contributed by atoms with E-state index in [4.69, 9.17) is 9.47 Å². The van der Waals surface area contributed by atoms with Crippen LogP contribution >= 0.6 is 0 Å². The van der Waals surface area contributed by atoms with E-state index in [-0.39, 0.29) is 11.6 Å². The van der Waals surface area contributed by atoms with Crippen LogP contribution in [0.4, 0.5) is 17.2 Å². The molecule has 0 aliphatic heterocycles. The van der Waals surface area contributed by atoms with E-state index in [1.807, 2.05) is 38.1 Å². The Morgan fingerprint density at radius 2 is 1.59 bits per heavy atom. The van der Waals surface area contributed by atoms with E-state index >= 15 is 0 Å². The van der Waals surface area contributed by atoms with Gasteiger partial charge in [-0.1, -0.05) is 18.2 Å². The summed E-state index contributed by atoms with van der Waals surface area (Å²) in [6.45, 7) is 5.66. The third-order valence-electron chi connectivity index (χ3n) is 4.45. The van der Waals surface area contributed by atoms with Gasteiger partial charge in [0.2, 0.25) is 0 Å². The molecule has 0 radical (unpaired) electrons. The zero-order chi connectivity index (χ0) is 21.0. The Labute approximate surface area is 170 Å². The van der Waals surface area contributed by atoms with Crippen LogP contribution in [0, 0.1) is 20.8 Å². The summed E-state index contributed by atoms with van der Waals surface area (Å²) in [4.78, 5) is 21.5. The SMILES string of the molecule is COc1ccc(Nc2cc(C(=O)Nc3c(C)cccc3C)nc(C)n2)cc1OC.